The Morgan fingerprint density at radius 1 is 1.31 bits per heavy atom. The van der Waals surface area contributed by atoms with Crippen molar-refractivity contribution in [2.75, 3.05) is 0 Å². The summed E-state index contributed by atoms with van der Waals surface area (Å²) in [6, 6.07) is 6.51. The maximum atomic E-state index is 10.7. The highest BCUT2D eigenvalue weighted by molar-refractivity contribution is 5.87. The van der Waals surface area contributed by atoms with Gasteiger partial charge in [-0.2, -0.15) is 0 Å². The van der Waals surface area contributed by atoms with Gasteiger partial charge in [-0.3, -0.25) is 0 Å². The van der Waals surface area contributed by atoms with Crippen LogP contribution in [0.3, 0.4) is 0 Å². The Morgan fingerprint density at radius 3 is 2.25 bits per heavy atom. The van der Waals surface area contributed by atoms with Crippen LogP contribution in [0.4, 0.5) is 0 Å². The van der Waals surface area contributed by atoms with Crippen molar-refractivity contribution in [2.45, 2.75) is 31.8 Å². The van der Waals surface area contributed by atoms with Gasteiger partial charge in [0.15, 0.2) is 0 Å². The first-order valence-corrected chi connectivity index (χ1v) is 5.58. The molecular weight excluding hydrogens is 204 g/mol. The molecule has 2 N–H and O–H groups in total. The summed E-state index contributed by atoms with van der Waals surface area (Å²) in [4.78, 5) is 10.7. The van der Waals surface area contributed by atoms with Crippen molar-refractivity contribution in [2.24, 2.45) is 5.92 Å². The van der Waals surface area contributed by atoms with Gasteiger partial charge in [-0.25, -0.2) is 4.79 Å². The van der Waals surface area contributed by atoms with Gasteiger partial charge < -0.3 is 10.2 Å². The second kappa shape index (κ2) is 3.91. The van der Waals surface area contributed by atoms with Gasteiger partial charge >= 0.3 is 5.97 Å². The first kappa shape index (κ1) is 11.1. The number of hydrogen-bond donors (Lipinski definition) is 2. The van der Waals surface area contributed by atoms with E-state index in [0.29, 0.717) is 5.92 Å². The zero-order chi connectivity index (χ0) is 11.8. The van der Waals surface area contributed by atoms with Crippen LogP contribution < -0.4 is 0 Å². The van der Waals surface area contributed by atoms with Crippen molar-refractivity contribution in [3.8, 4) is 0 Å². The third-order valence-corrected chi connectivity index (χ3v) is 3.62. The maximum absolute atomic E-state index is 10.7. The standard InChI is InChI=1S/C13H16O3/c1-13(16,10-3-2-4-10)11-7-5-9(6-8-11)12(14)15/h5-8,10,16H,2-4H2,1H3,(H,14,15). The first-order valence-electron chi connectivity index (χ1n) is 5.58. The SMILES string of the molecule is CC(O)(c1ccc(C(=O)O)cc1)C1CCC1. The van der Waals surface area contributed by atoms with E-state index in [2.05, 4.69) is 0 Å². The fourth-order valence-corrected chi connectivity index (χ4v) is 2.16. The zero-order valence-corrected chi connectivity index (χ0v) is 9.31. The van der Waals surface area contributed by atoms with E-state index in [-0.39, 0.29) is 5.56 Å². The molecule has 2 rings (SSSR count). The summed E-state index contributed by atoms with van der Waals surface area (Å²) in [7, 11) is 0. The summed E-state index contributed by atoms with van der Waals surface area (Å²) < 4.78 is 0. The Balaban J connectivity index is 2.23. The zero-order valence-electron chi connectivity index (χ0n) is 9.31. The Kier molecular flexibility index (Phi) is 2.72. The smallest absolute Gasteiger partial charge is 0.335 e. The second-order valence-corrected chi connectivity index (χ2v) is 4.66. The van der Waals surface area contributed by atoms with Crippen LogP contribution in [0.5, 0.6) is 0 Å². The summed E-state index contributed by atoms with van der Waals surface area (Å²) >= 11 is 0. The molecule has 0 aromatic heterocycles. The number of carboxylic acid groups (broad SMARTS) is 1. The van der Waals surface area contributed by atoms with Crippen molar-refractivity contribution in [3.63, 3.8) is 0 Å². The quantitative estimate of drug-likeness (QED) is 0.822. The van der Waals surface area contributed by atoms with Crippen molar-refractivity contribution in [3.05, 3.63) is 35.4 Å². The van der Waals surface area contributed by atoms with Gasteiger partial charge in [0.2, 0.25) is 0 Å². The lowest BCUT2D eigenvalue weighted by atomic mass is 9.71. The minimum atomic E-state index is -0.935. The van der Waals surface area contributed by atoms with E-state index in [1.54, 1.807) is 24.3 Å². The Labute approximate surface area is 94.7 Å². The lowest BCUT2D eigenvalue weighted by molar-refractivity contribution is -0.0399. The molecule has 1 aliphatic rings. The lowest BCUT2D eigenvalue weighted by Crippen LogP contribution is -2.36. The van der Waals surface area contributed by atoms with Crippen LogP contribution in [-0.4, -0.2) is 16.2 Å². The summed E-state index contributed by atoms with van der Waals surface area (Å²) in [6.45, 7) is 1.81. The van der Waals surface area contributed by atoms with Crippen LogP contribution in [0.15, 0.2) is 24.3 Å². The number of benzene rings is 1. The van der Waals surface area contributed by atoms with Crippen LogP contribution in [0.25, 0.3) is 0 Å². The highest BCUT2D eigenvalue weighted by Crippen LogP contribution is 2.42. The highest BCUT2D eigenvalue weighted by atomic mass is 16.4. The van der Waals surface area contributed by atoms with Crippen LogP contribution in [0.1, 0.15) is 42.1 Å². The number of carboxylic acids is 1. The summed E-state index contributed by atoms with van der Waals surface area (Å²) in [5, 5.41) is 19.2. The molecule has 1 aromatic carbocycles. The molecule has 1 saturated carbocycles. The molecule has 0 aliphatic heterocycles. The van der Waals surface area contributed by atoms with Crippen molar-refractivity contribution in [1.82, 2.24) is 0 Å². The summed E-state index contributed by atoms with van der Waals surface area (Å²) in [5.74, 6) is -0.627. The molecule has 0 spiro atoms. The van der Waals surface area contributed by atoms with Gasteiger partial charge in [-0.15, -0.1) is 0 Å². The Morgan fingerprint density at radius 2 is 1.88 bits per heavy atom. The molecule has 3 nitrogen and oxygen atoms in total. The van der Waals surface area contributed by atoms with Crippen LogP contribution in [-0.2, 0) is 5.60 Å². The van der Waals surface area contributed by atoms with E-state index in [4.69, 9.17) is 5.11 Å². The molecule has 1 unspecified atom stereocenters. The number of hydrogen-bond acceptors (Lipinski definition) is 2. The fourth-order valence-electron chi connectivity index (χ4n) is 2.16. The van der Waals surface area contributed by atoms with Crippen molar-refractivity contribution in [1.29, 1.82) is 0 Å². The Bertz CT molecular complexity index is 388. The first-order chi connectivity index (χ1) is 7.51. The average Bonchev–Trinajstić information content (AvgIpc) is 2.14. The van der Waals surface area contributed by atoms with Gasteiger partial charge in [0.05, 0.1) is 11.2 Å². The number of aromatic carboxylic acids is 1. The molecule has 0 saturated heterocycles. The van der Waals surface area contributed by atoms with Crippen LogP contribution in [0.2, 0.25) is 0 Å². The van der Waals surface area contributed by atoms with E-state index in [1.807, 2.05) is 6.92 Å². The van der Waals surface area contributed by atoms with Gasteiger partial charge in [-0.1, -0.05) is 18.6 Å². The van der Waals surface area contributed by atoms with Gasteiger partial charge in [-0.05, 0) is 43.4 Å². The minimum absolute atomic E-state index is 0.258. The van der Waals surface area contributed by atoms with Gasteiger partial charge in [0.1, 0.15) is 0 Å². The van der Waals surface area contributed by atoms with Crippen molar-refractivity contribution >= 4 is 5.97 Å². The molecule has 0 radical (unpaired) electrons. The van der Waals surface area contributed by atoms with E-state index < -0.39 is 11.6 Å². The second-order valence-electron chi connectivity index (χ2n) is 4.66. The monoisotopic (exact) mass is 220 g/mol. The third kappa shape index (κ3) is 1.83. The molecule has 1 aliphatic carbocycles. The maximum Gasteiger partial charge on any atom is 0.335 e. The molecule has 1 aromatic rings. The van der Waals surface area contributed by atoms with E-state index >= 15 is 0 Å². The molecule has 0 amide bonds. The number of aliphatic hydroxyl groups is 1. The topological polar surface area (TPSA) is 57.5 Å². The average molecular weight is 220 g/mol. The van der Waals surface area contributed by atoms with Gasteiger partial charge in [0, 0.05) is 0 Å². The predicted molar refractivity (Wildman–Crippen MR) is 60.3 cm³/mol. The Hall–Kier alpha value is -1.35. The fraction of sp³-hybridized carbons (Fsp3) is 0.462. The summed E-state index contributed by atoms with van der Waals surface area (Å²) in [6.07, 6.45) is 3.27. The molecule has 1 fully saturated rings. The number of rotatable bonds is 3. The predicted octanol–water partition coefficient (Wildman–Crippen LogP) is 2.39. The lowest BCUT2D eigenvalue weighted by Gasteiger charge is -2.39. The molecule has 1 atom stereocenters. The molecule has 3 heteroatoms. The van der Waals surface area contributed by atoms with Gasteiger partial charge in [0.25, 0.3) is 0 Å². The molecule has 16 heavy (non-hydrogen) atoms. The number of carbonyl (C=O) groups is 1. The van der Waals surface area contributed by atoms with E-state index in [1.165, 1.54) is 6.42 Å². The molecule has 86 valence electrons. The van der Waals surface area contributed by atoms with Crippen LogP contribution in [0, 0.1) is 5.92 Å². The van der Waals surface area contributed by atoms with Crippen molar-refractivity contribution < 1.29 is 15.0 Å². The molecular formula is C13H16O3. The molecule has 0 heterocycles. The third-order valence-electron chi connectivity index (χ3n) is 3.62. The highest BCUT2D eigenvalue weighted by Gasteiger charge is 2.37. The summed E-state index contributed by atoms with van der Waals surface area (Å²) in [5.41, 5.74) is 0.241. The molecule has 0 bridgehead atoms. The van der Waals surface area contributed by atoms with E-state index in [0.717, 1.165) is 18.4 Å². The minimum Gasteiger partial charge on any atom is -0.478 e. The normalized spacial score (nSPS) is 19.9. The van der Waals surface area contributed by atoms with Crippen LogP contribution >= 0.6 is 0 Å². The van der Waals surface area contributed by atoms with E-state index in [9.17, 15) is 9.90 Å². The largest absolute Gasteiger partial charge is 0.478 e.